The zero-order valence-corrected chi connectivity index (χ0v) is 15.6. The summed E-state index contributed by atoms with van der Waals surface area (Å²) in [6.07, 6.45) is 5.44. The number of amides is 1. The molecule has 6 nitrogen and oxygen atoms in total. The number of carbonyl (C=O) groups is 1. The van der Waals surface area contributed by atoms with Crippen LogP contribution in [0.2, 0.25) is 0 Å². The van der Waals surface area contributed by atoms with Crippen molar-refractivity contribution in [3.63, 3.8) is 0 Å². The number of nitrogens with zero attached hydrogens (tertiary/aromatic N) is 5. The van der Waals surface area contributed by atoms with Gasteiger partial charge in [-0.05, 0) is 32.9 Å². The van der Waals surface area contributed by atoms with Gasteiger partial charge in [-0.25, -0.2) is 9.97 Å². The Morgan fingerprint density at radius 3 is 2.58 bits per heavy atom. The summed E-state index contributed by atoms with van der Waals surface area (Å²) in [6, 6.07) is 7.52. The predicted molar refractivity (Wildman–Crippen MR) is 101 cm³/mol. The first-order valence-electron chi connectivity index (χ1n) is 8.65. The van der Waals surface area contributed by atoms with E-state index in [1.807, 2.05) is 48.9 Å². The molecule has 3 rings (SSSR count). The van der Waals surface area contributed by atoms with Gasteiger partial charge in [-0.1, -0.05) is 12.1 Å². The van der Waals surface area contributed by atoms with E-state index < -0.39 is 0 Å². The van der Waals surface area contributed by atoms with Crippen molar-refractivity contribution in [3.8, 4) is 11.3 Å². The zero-order chi connectivity index (χ0) is 18.7. The summed E-state index contributed by atoms with van der Waals surface area (Å²) in [5.41, 5.74) is 4.20. The molecule has 0 unspecified atom stereocenters. The van der Waals surface area contributed by atoms with Crippen molar-refractivity contribution in [1.29, 1.82) is 0 Å². The highest BCUT2D eigenvalue weighted by Crippen LogP contribution is 2.21. The van der Waals surface area contributed by atoms with Crippen LogP contribution in [0.5, 0.6) is 0 Å². The molecule has 1 aromatic carbocycles. The highest BCUT2D eigenvalue weighted by atomic mass is 16.2. The van der Waals surface area contributed by atoms with Gasteiger partial charge in [0.2, 0.25) is 0 Å². The Hall–Kier alpha value is -3.02. The highest BCUT2D eigenvalue weighted by molar-refractivity contribution is 5.94. The average molecular weight is 349 g/mol. The summed E-state index contributed by atoms with van der Waals surface area (Å²) in [6.45, 7) is 7.22. The Bertz CT molecular complexity index is 914. The van der Waals surface area contributed by atoms with Crippen LogP contribution in [0.1, 0.15) is 34.5 Å². The summed E-state index contributed by atoms with van der Waals surface area (Å²) in [4.78, 5) is 27.6. The molecule has 0 N–H and O–H groups in total. The summed E-state index contributed by atoms with van der Waals surface area (Å²) in [5, 5.41) is 0. The van der Waals surface area contributed by atoms with Gasteiger partial charge >= 0.3 is 0 Å². The number of benzene rings is 1. The van der Waals surface area contributed by atoms with Crippen LogP contribution in [0.15, 0.2) is 42.9 Å². The van der Waals surface area contributed by atoms with Crippen molar-refractivity contribution >= 4 is 5.91 Å². The van der Waals surface area contributed by atoms with E-state index in [4.69, 9.17) is 0 Å². The number of carbonyl (C=O) groups excluding carboxylic acids is 1. The van der Waals surface area contributed by atoms with E-state index in [9.17, 15) is 4.79 Å². The smallest absolute Gasteiger partial charge is 0.254 e. The first-order valence-corrected chi connectivity index (χ1v) is 8.65. The van der Waals surface area contributed by atoms with Crippen LogP contribution in [-0.4, -0.2) is 37.4 Å². The molecule has 0 fully saturated rings. The lowest BCUT2D eigenvalue weighted by atomic mass is 10.1. The summed E-state index contributed by atoms with van der Waals surface area (Å²) in [7, 11) is 1.79. The van der Waals surface area contributed by atoms with Crippen LogP contribution in [0.25, 0.3) is 11.3 Å². The molecule has 3 aromatic rings. The molecule has 26 heavy (non-hydrogen) atoms. The fraction of sp³-hybridized carbons (Fsp3) is 0.300. The third-order valence-electron chi connectivity index (χ3n) is 4.35. The third kappa shape index (κ3) is 3.64. The Morgan fingerprint density at radius 1 is 1.15 bits per heavy atom. The quantitative estimate of drug-likeness (QED) is 0.709. The molecule has 0 bridgehead atoms. The maximum atomic E-state index is 12.7. The van der Waals surface area contributed by atoms with E-state index in [1.165, 1.54) is 0 Å². The summed E-state index contributed by atoms with van der Waals surface area (Å²) >= 11 is 0. The standard InChI is InChI=1S/C20H23N5O/c1-5-25-11-10-21-18(25)13-24(4)20(26)17-8-6-16(7-9-17)19-15(3)22-12-14(2)23-19/h6-12H,5,13H2,1-4H3. The first kappa shape index (κ1) is 17.8. The van der Waals surface area contributed by atoms with Gasteiger partial charge in [0.15, 0.2) is 0 Å². The van der Waals surface area contributed by atoms with Crippen LogP contribution in [0, 0.1) is 13.8 Å². The van der Waals surface area contributed by atoms with Crippen molar-refractivity contribution in [3.05, 3.63) is 65.6 Å². The van der Waals surface area contributed by atoms with Gasteiger partial charge < -0.3 is 9.47 Å². The van der Waals surface area contributed by atoms with E-state index in [2.05, 4.69) is 21.9 Å². The summed E-state index contributed by atoms with van der Waals surface area (Å²) in [5.74, 6) is 0.847. The number of hydrogen-bond donors (Lipinski definition) is 0. The van der Waals surface area contributed by atoms with Crippen LogP contribution < -0.4 is 0 Å². The SMILES string of the molecule is CCn1ccnc1CN(C)C(=O)c1ccc(-c2nc(C)cnc2C)cc1. The maximum absolute atomic E-state index is 12.7. The van der Waals surface area contributed by atoms with Gasteiger partial charge in [-0.3, -0.25) is 9.78 Å². The van der Waals surface area contributed by atoms with Crippen LogP contribution >= 0.6 is 0 Å². The summed E-state index contributed by atoms with van der Waals surface area (Å²) < 4.78 is 2.03. The minimum absolute atomic E-state index is 0.0331. The van der Waals surface area contributed by atoms with Crippen LogP contribution in [0.3, 0.4) is 0 Å². The number of hydrogen-bond acceptors (Lipinski definition) is 4. The first-order chi connectivity index (χ1) is 12.5. The number of aryl methyl sites for hydroxylation is 3. The molecule has 0 saturated carbocycles. The van der Waals surface area contributed by atoms with E-state index in [-0.39, 0.29) is 5.91 Å². The lowest BCUT2D eigenvalue weighted by Crippen LogP contribution is -2.27. The zero-order valence-electron chi connectivity index (χ0n) is 15.6. The predicted octanol–water partition coefficient (Wildman–Crippen LogP) is 3.25. The van der Waals surface area contributed by atoms with Crippen molar-refractivity contribution < 1.29 is 4.79 Å². The third-order valence-corrected chi connectivity index (χ3v) is 4.35. The molecule has 0 aliphatic rings. The lowest BCUT2D eigenvalue weighted by Gasteiger charge is -2.17. The molecule has 0 aliphatic carbocycles. The second-order valence-corrected chi connectivity index (χ2v) is 6.31. The monoisotopic (exact) mass is 349 g/mol. The molecule has 0 spiro atoms. The van der Waals surface area contributed by atoms with Crippen LogP contribution in [-0.2, 0) is 13.1 Å². The van der Waals surface area contributed by atoms with E-state index in [0.29, 0.717) is 12.1 Å². The number of aromatic nitrogens is 4. The molecule has 2 aromatic heterocycles. The van der Waals surface area contributed by atoms with Gasteiger partial charge in [0, 0.05) is 43.3 Å². The van der Waals surface area contributed by atoms with Gasteiger partial charge in [-0.15, -0.1) is 0 Å². The Balaban J connectivity index is 1.77. The molecule has 0 radical (unpaired) electrons. The lowest BCUT2D eigenvalue weighted by molar-refractivity contribution is 0.0780. The molecule has 134 valence electrons. The molecule has 6 heteroatoms. The fourth-order valence-corrected chi connectivity index (χ4v) is 2.87. The largest absolute Gasteiger partial charge is 0.334 e. The minimum atomic E-state index is -0.0331. The Labute approximate surface area is 153 Å². The molecular formula is C20H23N5O. The van der Waals surface area contributed by atoms with Gasteiger partial charge in [0.05, 0.1) is 23.6 Å². The highest BCUT2D eigenvalue weighted by Gasteiger charge is 2.15. The second kappa shape index (κ2) is 7.47. The molecular weight excluding hydrogens is 326 g/mol. The van der Waals surface area contributed by atoms with Crippen molar-refractivity contribution in [2.24, 2.45) is 0 Å². The van der Waals surface area contributed by atoms with Crippen molar-refractivity contribution in [1.82, 2.24) is 24.4 Å². The molecule has 1 amide bonds. The maximum Gasteiger partial charge on any atom is 0.254 e. The number of imidazole rings is 1. The Kier molecular flexibility index (Phi) is 5.11. The molecule has 0 saturated heterocycles. The van der Waals surface area contributed by atoms with Crippen molar-refractivity contribution in [2.75, 3.05) is 7.05 Å². The van der Waals surface area contributed by atoms with Crippen molar-refractivity contribution in [2.45, 2.75) is 33.9 Å². The molecule has 0 aliphatic heterocycles. The van der Waals surface area contributed by atoms with E-state index in [0.717, 1.165) is 35.0 Å². The second-order valence-electron chi connectivity index (χ2n) is 6.31. The van der Waals surface area contributed by atoms with Crippen LogP contribution in [0.4, 0.5) is 0 Å². The minimum Gasteiger partial charge on any atom is -0.334 e. The Morgan fingerprint density at radius 2 is 1.88 bits per heavy atom. The van der Waals surface area contributed by atoms with Gasteiger partial charge in [0.1, 0.15) is 5.82 Å². The van der Waals surface area contributed by atoms with Gasteiger partial charge in [0.25, 0.3) is 5.91 Å². The van der Waals surface area contributed by atoms with E-state index >= 15 is 0 Å². The van der Waals surface area contributed by atoms with E-state index in [1.54, 1.807) is 24.3 Å². The van der Waals surface area contributed by atoms with Gasteiger partial charge in [-0.2, -0.15) is 0 Å². The molecule has 0 atom stereocenters. The topological polar surface area (TPSA) is 63.9 Å². The molecule has 2 heterocycles. The normalized spacial score (nSPS) is 10.8. The average Bonchev–Trinajstić information content (AvgIpc) is 3.10. The fourth-order valence-electron chi connectivity index (χ4n) is 2.87. The number of rotatable bonds is 5.